The van der Waals surface area contributed by atoms with Crippen LogP contribution in [0.4, 0.5) is 5.69 Å². The van der Waals surface area contributed by atoms with Crippen molar-refractivity contribution in [1.29, 1.82) is 5.26 Å². The van der Waals surface area contributed by atoms with Crippen LogP contribution in [0.3, 0.4) is 0 Å². The van der Waals surface area contributed by atoms with E-state index in [1.807, 2.05) is 0 Å². The van der Waals surface area contributed by atoms with Crippen LogP contribution in [-0.2, 0) is 11.3 Å². The highest BCUT2D eigenvalue weighted by atomic mass is 79.9. The van der Waals surface area contributed by atoms with Gasteiger partial charge in [0.25, 0.3) is 0 Å². The van der Waals surface area contributed by atoms with Gasteiger partial charge in [-0.25, -0.2) is 4.79 Å². The molecule has 1 heterocycles. The summed E-state index contributed by atoms with van der Waals surface area (Å²) >= 11 is 3.35. The lowest BCUT2D eigenvalue weighted by atomic mass is 10.2. The smallest absolute Gasteiger partial charge is 0.374 e. The maximum Gasteiger partial charge on any atom is 0.374 e. The molecule has 0 radical (unpaired) electrons. The first kappa shape index (κ1) is 14.2. The molecule has 1 aromatic heterocycles. The van der Waals surface area contributed by atoms with Gasteiger partial charge >= 0.3 is 5.97 Å². The Balaban J connectivity index is 2.18. The number of nitrogens with one attached hydrogen (secondary N) is 1. The summed E-state index contributed by atoms with van der Waals surface area (Å²) in [7, 11) is 1.30. The van der Waals surface area contributed by atoms with Crippen LogP contribution in [0, 0.1) is 11.3 Å². The van der Waals surface area contributed by atoms with Crippen LogP contribution < -0.4 is 5.32 Å². The van der Waals surface area contributed by atoms with E-state index in [2.05, 4.69) is 32.1 Å². The molecule has 20 heavy (non-hydrogen) atoms. The van der Waals surface area contributed by atoms with Gasteiger partial charge in [-0.1, -0.05) is 15.9 Å². The van der Waals surface area contributed by atoms with Crippen molar-refractivity contribution in [2.24, 2.45) is 0 Å². The molecule has 6 heteroatoms. The van der Waals surface area contributed by atoms with Crippen molar-refractivity contribution >= 4 is 27.6 Å². The molecular formula is C14H11BrN2O3. The fraction of sp³-hybridized carbons (Fsp3) is 0.143. The number of hydrogen-bond donors (Lipinski definition) is 1. The zero-order valence-electron chi connectivity index (χ0n) is 10.6. The van der Waals surface area contributed by atoms with Gasteiger partial charge in [0.15, 0.2) is 0 Å². The minimum Gasteiger partial charge on any atom is -0.463 e. The van der Waals surface area contributed by atoms with Gasteiger partial charge in [-0.15, -0.1) is 0 Å². The molecular weight excluding hydrogens is 324 g/mol. The zero-order valence-corrected chi connectivity index (χ0v) is 12.2. The molecule has 0 unspecified atom stereocenters. The molecule has 2 aromatic rings. The number of benzene rings is 1. The van der Waals surface area contributed by atoms with Gasteiger partial charge in [0.2, 0.25) is 5.76 Å². The molecule has 0 saturated carbocycles. The summed E-state index contributed by atoms with van der Waals surface area (Å²) in [6.07, 6.45) is 1.43. The van der Waals surface area contributed by atoms with Gasteiger partial charge in [0.1, 0.15) is 6.07 Å². The first-order valence-electron chi connectivity index (χ1n) is 5.74. The van der Waals surface area contributed by atoms with Crippen molar-refractivity contribution in [1.82, 2.24) is 0 Å². The molecule has 0 aliphatic carbocycles. The fourth-order valence-corrected chi connectivity index (χ4v) is 2.06. The minimum atomic E-state index is -0.526. The standard InChI is InChI=1S/C14H11BrN2O3/c1-19-14(18)13-10(4-5-20-13)8-17-12-6-11(15)3-2-9(12)7-16/h2-6,17H,8H2,1H3. The van der Waals surface area contributed by atoms with Crippen molar-refractivity contribution in [3.8, 4) is 6.07 Å². The molecule has 0 atom stereocenters. The van der Waals surface area contributed by atoms with Crippen molar-refractivity contribution in [2.75, 3.05) is 12.4 Å². The second-order valence-corrected chi connectivity index (χ2v) is 4.84. The number of esters is 1. The summed E-state index contributed by atoms with van der Waals surface area (Å²) in [4.78, 5) is 11.5. The van der Waals surface area contributed by atoms with Gasteiger partial charge in [-0.2, -0.15) is 5.26 Å². The molecule has 0 aliphatic heterocycles. The topological polar surface area (TPSA) is 75.3 Å². The van der Waals surface area contributed by atoms with Crippen LogP contribution in [0.25, 0.3) is 0 Å². The Kier molecular flexibility index (Phi) is 4.43. The minimum absolute atomic E-state index is 0.161. The number of anilines is 1. The SMILES string of the molecule is COC(=O)c1occc1CNc1cc(Br)ccc1C#N. The van der Waals surface area contributed by atoms with E-state index in [4.69, 9.17) is 9.68 Å². The lowest BCUT2D eigenvalue weighted by Gasteiger charge is -2.08. The van der Waals surface area contributed by atoms with E-state index in [1.165, 1.54) is 13.4 Å². The van der Waals surface area contributed by atoms with Gasteiger partial charge in [0, 0.05) is 16.6 Å². The Morgan fingerprint density at radius 3 is 3.00 bits per heavy atom. The summed E-state index contributed by atoms with van der Waals surface area (Å²) in [6, 6.07) is 9.09. The predicted molar refractivity (Wildman–Crippen MR) is 76.2 cm³/mol. The first-order chi connectivity index (χ1) is 9.65. The maximum atomic E-state index is 11.5. The van der Waals surface area contributed by atoms with Crippen molar-refractivity contribution in [2.45, 2.75) is 6.54 Å². The van der Waals surface area contributed by atoms with Crippen LogP contribution in [0.15, 0.2) is 39.4 Å². The summed E-state index contributed by atoms with van der Waals surface area (Å²) in [5.41, 5.74) is 1.87. The molecule has 1 aromatic carbocycles. The van der Waals surface area contributed by atoms with Crippen LogP contribution in [0.5, 0.6) is 0 Å². The Morgan fingerprint density at radius 2 is 2.30 bits per heavy atom. The van der Waals surface area contributed by atoms with E-state index in [0.717, 1.165) is 4.47 Å². The van der Waals surface area contributed by atoms with E-state index >= 15 is 0 Å². The third-order valence-electron chi connectivity index (χ3n) is 2.69. The fourth-order valence-electron chi connectivity index (χ4n) is 1.70. The van der Waals surface area contributed by atoms with Crippen LogP contribution in [0.2, 0.25) is 0 Å². The van der Waals surface area contributed by atoms with E-state index in [1.54, 1.807) is 24.3 Å². The molecule has 0 aliphatic rings. The molecule has 102 valence electrons. The average molecular weight is 335 g/mol. The van der Waals surface area contributed by atoms with E-state index in [0.29, 0.717) is 23.4 Å². The van der Waals surface area contributed by atoms with Crippen molar-refractivity contribution < 1.29 is 13.9 Å². The second-order valence-electron chi connectivity index (χ2n) is 3.92. The molecule has 0 spiro atoms. The van der Waals surface area contributed by atoms with E-state index in [9.17, 15) is 4.79 Å². The number of nitrogens with zero attached hydrogens (tertiary/aromatic N) is 1. The van der Waals surface area contributed by atoms with E-state index in [-0.39, 0.29) is 5.76 Å². The normalized spacial score (nSPS) is 9.85. The molecule has 1 N–H and O–H groups in total. The Labute approximate surface area is 124 Å². The number of carbonyl (C=O) groups is 1. The number of hydrogen-bond acceptors (Lipinski definition) is 5. The molecule has 0 bridgehead atoms. The number of carbonyl (C=O) groups excluding carboxylic acids is 1. The number of methoxy groups -OCH3 is 1. The molecule has 0 amide bonds. The summed E-state index contributed by atoms with van der Waals surface area (Å²) < 4.78 is 10.6. The van der Waals surface area contributed by atoms with Gasteiger partial charge in [0.05, 0.1) is 24.6 Å². The highest BCUT2D eigenvalue weighted by molar-refractivity contribution is 9.10. The molecule has 0 saturated heterocycles. The Hall–Kier alpha value is -2.26. The summed E-state index contributed by atoms with van der Waals surface area (Å²) in [5.74, 6) is -0.366. The number of nitriles is 1. The largest absolute Gasteiger partial charge is 0.463 e. The quantitative estimate of drug-likeness (QED) is 0.868. The second kappa shape index (κ2) is 6.26. The van der Waals surface area contributed by atoms with Gasteiger partial charge < -0.3 is 14.5 Å². The summed E-state index contributed by atoms with van der Waals surface area (Å²) in [6.45, 7) is 0.353. The van der Waals surface area contributed by atoms with Crippen LogP contribution in [-0.4, -0.2) is 13.1 Å². The van der Waals surface area contributed by atoms with Gasteiger partial charge in [-0.05, 0) is 24.3 Å². The number of halogens is 1. The molecule has 2 rings (SSSR count). The third-order valence-corrected chi connectivity index (χ3v) is 3.18. The number of rotatable bonds is 4. The first-order valence-corrected chi connectivity index (χ1v) is 6.53. The number of furan rings is 1. The summed E-state index contributed by atoms with van der Waals surface area (Å²) in [5, 5.41) is 12.2. The molecule has 5 nitrogen and oxygen atoms in total. The number of ether oxygens (including phenoxy) is 1. The third kappa shape index (κ3) is 3.00. The van der Waals surface area contributed by atoms with Crippen molar-refractivity contribution in [3.63, 3.8) is 0 Å². The highest BCUT2D eigenvalue weighted by Gasteiger charge is 2.15. The maximum absolute atomic E-state index is 11.5. The lowest BCUT2D eigenvalue weighted by Crippen LogP contribution is -2.07. The highest BCUT2D eigenvalue weighted by Crippen LogP contribution is 2.22. The molecule has 0 fully saturated rings. The Bertz CT molecular complexity index is 673. The lowest BCUT2D eigenvalue weighted by molar-refractivity contribution is 0.0563. The average Bonchev–Trinajstić information content (AvgIpc) is 2.92. The Morgan fingerprint density at radius 1 is 1.50 bits per heavy atom. The zero-order chi connectivity index (χ0) is 14.5. The van der Waals surface area contributed by atoms with E-state index < -0.39 is 5.97 Å². The monoisotopic (exact) mass is 334 g/mol. The predicted octanol–water partition coefficient (Wildman–Crippen LogP) is 3.31. The van der Waals surface area contributed by atoms with Crippen LogP contribution >= 0.6 is 15.9 Å². The van der Waals surface area contributed by atoms with Crippen LogP contribution in [0.1, 0.15) is 21.7 Å². The van der Waals surface area contributed by atoms with Crippen molar-refractivity contribution in [3.05, 3.63) is 51.9 Å². The van der Waals surface area contributed by atoms with Gasteiger partial charge in [-0.3, -0.25) is 0 Å².